The fraction of sp³-hybridized carbons (Fsp3) is 0.909. The van der Waals surface area contributed by atoms with E-state index in [2.05, 4.69) is 13.8 Å². The van der Waals surface area contributed by atoms with Crippen LogP contribution in [-0.2, 0) is 7.80 Å². The van der Waals surface area contributed by atoms with Gasteiger partial charge in [0.2, 0.25) is 0 Å². The van der Waals surface area contributed by atoms with Crippen LogP contribution in [0.15, 0.2) is 0 Å². The quantitative estimate of drug-likeness (QED) is 0.418. The third kappa shape index (κ3) is 6.22. The molecule has 0 aromatic heterocycles. The topological polar surface area (TPSA) is 35.5 Å². The first-order valence-electron chi connectivity index (χ1n) is 5.65. The fourth-order valence-electron chi connectivity index (χ4n) is 1.54. The van der Waals surface area contributed by atoms with E-state index in [1.165, 1.54) is 19.3 Å². The molecular formula is C11H20IO3-. The molecule has 1 aliphatic rings. The van der Waals surface area contributed by atoms with Crippen molar-refractivity contribution in [1.82, 2.24) is 0 Å². The zero-order chi connectivity index (χ0) is 11.1. The Balaban J connectivity index is 2.06. The Bertz CT molecular complexity index is 188. The van der Waals surface area contributed by atoms with Crippen LogP contribution in [0, 0.1) is 5.92 Å². The first kappa shape index (κ1) is 13.1. The van der Waals surface area contributed by atoms with Gasteiger partial charge in [-0.3, -0.25) is 0 Å². The van der Waals surface area contributed by atoms with E-state index in [1.807, 2.05) is 0 Å². The van der Waals surface area contributed by atoms with Gasteiger partial charge in [0.05, 0.1) is 0 Å². The van der Waals surface area contributed by atoms with Gasteiger partial charge in [0.1, 0.15) is 0 Å². The Hall–Kier alpha value is 0. The van der Waals surface area contributed by atoms with E-state index in [4.69, 9.17) is 7.80 Å². The third-order valence-corrected chi connectivity index (χ3v) is 5.10. The number of halogens is 1. The molecule has 0 radical (unpaired) electrons. The molecule has 90 valence electrons. The van der Waals surface area contributed by atoms with Crippen LogP contribution in [0.4, 0.5) is 4.79 Å². The molecule has 0 heterocycles. The van der Waals surface area contributed by atoms with Gasteiger partial charge < -0.3 is 0 Å². The van der Waals surface area contributed by atoms with E-state index in [1.54, 1.807) is 0 Å². The van der Waals surface area contributed by atoms with E-state index in [-0.39, 0.29) is 6.10 Å². The van der Waals surface area contributed by atoms with Crippen molar-refractivity contribution >= 4 is 6.16 Å². The Kier molecular flexibility index (Phi) is 6.36. The Morgan fingerprint density at radius 2 is 2.00 bits per heavy atom. The Morgan fingerprint density at radius 3 is 2.60 bits per heavy atom. The summed E-state index contributed by atoms with van der Waals surface area (Å²) in [5.74, 6) is 0.611. The normalized spacial score (nSPS) is 18.1. The summed E-state index contributed by atoms with van der Waals surface area (Å²) in [7, 11) is 0. The molecule has 1 saturated carbocycles. The number of ether oxygens (including phenoxy) is 1. The summed E-state index contributed by atoms with van der Waals surface area (Å²) in [6.07, 6.45) is 5.34. The molecule has 0 N–H and O–H groups in total. The first-order chi connectivity index (χ1) is 7.18. The molecule has 4 heteroatoms. The van der Waals surface area contributed by atoms with Gasteiger partial charge in [-0.15, -0.1) is 0 Å². The van der Waals surface area contributed by atoms with Gasteiger partial charge in [0.25, 0.3) is 0 Å². The van der Waals surface area contributed by atoms with Crippen LogP contribution in [0.25, 0.3) is 0 Å². The van der Waals surface area contributed by atoms with Gasteiger partial charge in [-0.25, -0.2) is 0 Å². The van der Waals surface area contributed by atoms with E-state index in [9.17, 15) is 4.79 Å². The van der Waals surface area contributed by atoms with Crippen molar-refractivity contribution in [2.75, 3.05) is 4.43 Å². The van der Waals surface area contributed by atoms with Gasteiger partial charge >= 0.3 is 103 Å². The maximum atomic E-state index is 11.3. The predicted molar refractivity (Wildman–Crippen MR) is 54.1 cm³/mol. The van der Waals surface area contributed by atoms with Crippen molar-refractivity contribution in [2.24, 2.45) is 5.92 Å². The van der Waals surface area contributed by atoms with Gasteiger partial charge in [-0.05, 0) is 0 Å². The molecule has 0 unspecified atom stereocenters. The molecule has 0 aromatic rings. The second-order valence-corrected chi connectivity index (χ2v) is 6.31. The Morgan fingerprint density at radius 1 is 1.33 bits per heavy atom. The van der Waals surface area contributed by atoms with E-state index in [0.29, 0.717) is 5.92 Å². The van der Waals surface area contributed by atoms with Crippen molar-refractivity contribution in [2.45, 2.75) is 52.1 Å². The summed E-state index contributed by atoms with van der Waals surface area (Å²) in [6.45, 7) is 4.27. The first-order valence-corrected chi connectivity index (χ1v) is 8.06. The average molecular weight is 327 g/mol. The molecule has 1 rings (SSSR count). The number of alkyl halides is 1. The van der Waals surface area contributed by atoms with Gasteiger partial charge in [-0.1, -0.05) is 0 Å². The second-order valence-electron chi connectivity index (χ2n) is 4.36. The number of hydrogen-bond acceptors (Lipinski definition) is 3. The third-order valence-electron chi connectivity index (χ3n) is 2.30. The number of carbonyl (C=O) groups is 1. The molecule has 0 aliphatic heterocycles. The molecule has 1 aliphatic carbocycles. The predicted octanol–water partition coefficient (Wildman–Crippen LogP) is 0.132. The van der Waals surface area contributed by atoms with Crippen molar-refractivity contribution in [3.63, 3.8) is 0 Å². The summed E-state index contributed by atoms with van der Waals surface area (Å²) in [5.41, 5.74) is 0. The second kappa shape index (κ2) is 7.30. The number of rotatable bonds is 4. The van der Waals surface area contributed by atoms with Crippen LogP contribution < -0.4 is 21.6 Å². The van der Waals surface area contributed by atoms with E-state index < -0.39 is 27.8 Å². The minimum atomic E-state index is -0.459. The molecule has 0 bridgehead atoms. The van der Waals surface area contributed by atoms with E-state index in [0.717, 1.165) is 17.3 Å². The molecule has 15 heavy (non-hydrogen) atoms. The maximum absolute atomic E-state index is 11.3. The summed E-state index contributed by atoms with van der Waals surface area (Å²) in [6, 6.07) is 0. The van der Waals surface area contributed by atoms with Crippen LogP contribution in [-0.4, -0.2) is 16.7 Å². The Labute approximate surface area is 103 Å². The standard InChI is InChI=1S/C11H20IO3/c1-9(2)8-12-15-11(13)14-10-6-4-3-5-7-10/h9-10H,3-8H2,1-2H3/q-1. The van der Waals surface area contributed by atoms with Crippen LogP contribution in [0.3, 0.4) is 0 Å². The van der Waals surface area contributed by atoms with Crippen molar-refractivity contribution in [1.29, 1.82) is 0 Å². The van der Waals surface area contributed by atoms with Crippen molar-refractivity contribution in [3.8, 4) is 0 Å². The molecule has 0 aromatic carbocycles. The average Bonchev–Trinajstić information content (AvgIpc) is 2.18. The zero-order valence-electron chi connectivity index (χ0n) is 9.50. The van der Waals surface area contributed by atoms with Gasteiger partial charge in [0.15, 0.2) is 0 Å². The van der Waals surface area contributed by atoms with Crippen LogP contribution in [0.5, 0.6) is 0 Å². The van der Waals surface area contributed by atoms with Crippen molar-refractivity contribution in [3.05, 3.63) is 0 Å². The van der Waals surface area contributed by atoms with Crippen LogP contribution in [0.2, 0.25) is 0 Å². The molecule has 1 fully saturated rings. The van der Waals surface area contributed by atoms with Crippen LogP contribution in [0.1, 0.15) is 46.0 Å². The molecule has 0 atom stereocenters. The summed E-state index contributed by atoms with van der Waals surface area (Å²) in [5, 5.41) is 0. The molecule has 0 amide bonds. The molecule has 3 nitrogen and oxygen atoms in total. The monoisotopic (exact) mass is 327 g/mol. The van der Waals surface area contributed by atoms with Crippen LogP contribution >= 0.6 is 0 Å². The summed E-state index contributed by atoms with van der Waals surface area (Å²) < 4.78 is 11.4. The van der Waals surface area contributed by atoms with E-state index >= 15 is 0 Å². The zero-order valence-corrected chi connectivity index (χ0v) is 11.7. The number of hydrogen-bond donors (Lipinski definition) is 0. The fourth-order valence-corrected chi connectivity index (χ4v) is 2.80. The summed E-state index contributed by atoms with van der Waals surface area (Å²) >= 11 is -0.459. The minimum absolute atomic E-state index is 0.120. The van der Waals surface area contributed by atoms with Crippen molar-refractivity contribution < 1.29 is 34.2 Å². The number of carbonyl (C=O) groups excluding carboxylic acids is 1. The molecule has 0 saturated heterocycles. The molecule has 0 spiro atoms. The van der Waals surface area contributed by atoms with Gasteiger partial charge in [0, 0.05) is 0 Å². The molecular weight excluding hydrogens is 307 g/mol. The SMILES string of the molecule is CC(C)C[I-]OC(=O)OC1CCCCC1. The van der Waals surface area contributed by atoms with Gasteiger partial charge in [-0.2, -0.15) is 0 Å². The summed E-state index contributed by atoms with van der Waals surface area (Å²) in [4.78, 5) is 11.3.